The SMILES string of the molecule is CC1CN(C(=O)c2csc(I)c2)CC(CCl)O1. The number of amides is 1. The number of halogens is 2. The molecular formula is C11H13ClINO2S. The molecule has 2 rings (SSSR count). The number of morpholine rings is 1. The molecule has 0 N–H and O–H groups in total. The molecule has 3 nitrogen and oxygen atoms in total. The highest BCUT2D eigenvalue weighted by Gasteiger charge is 2.28. The molecule has 1 saturated heterocycles. The number of hydrogen-bond acceptors (Lipinski definition) is 3. The summed E-state index contributed by atoms with van der Waals surface area (Å²) in [6.45, 7) is 3.19. The van der Waals surface area contributed by atoms with Crippen LogP contribution < -0.4 is 0 Å². The molecule has 0 saturated carbocycles. The average Bonchev–Trinajstić information content (AvgIpc) is 2.74. The second-order valence-corrected chi connectivity index (χ2v) is 7.19. The number of alkyl halides is 1. The fourth-order valence-corrected chi connectivity index (χ4v) is 3.39. The number of ether oxygens (including phenoxy) is 1. The molecule has 0 spiro atoms. The Labute approximate surface area is 123 Å². The van der Waals surface area contributed by atoms with E-state index < -0.39 is 0 Å². The highest BCUT2D eigenvalue weighted by Crippen LogP contribution is 2.20. The Bertz CT molecular complexity index is 412. The molecule has 94 valence electrons. The molecule has 1 aliphatic rings. The minimum absolute atomic E-state index is 0.0501. The van der Waals surface area contributed by atoms with Gasteiger partial charge in [0, 0.05) is 18.5 Å². The van der Waals surface area contributed by atoms with Crippen LogP contribution >= 0.6 is 45.5 Å². The van der Waals surface area contributed by atoms with Gasteiger partial charge in [-0.3, -0.25) is 4.79 Å². The van der Waals surface area contributed by atoms with Gasteiger partial charge >= 0.3 is 0 Å². The first-order valence-electron chi connectivity index (χ1n) is 5.35. The lowest BCUT2D eigenvalue weighted by Crippen LogP contribution is -2.49. The second-order valence-electron chi connectivity index (χ2n) is 4.07. The van der Waals surface area contributed by atoms with E-state index in [2.05, 4.69) is 22.6 Å². The molecule has 17 heavy (non-hydrogen) atoms. The summed E-state index contributed by atoms with van der Waals surface area (Å²) in [6, 6.07) is 1.92. The third-order valence-corrected chi connectivity index (χ3v) is 4.73. The fraction of sp³-hybridized carbons (Fsp3) is 0.545. The van der Waals surface area contributed by atoms with Crippen molar-refractivity contribution in [2.45, 2.75) is 19.1 Å². The number of nitrogens with zero attached hydrogens (tertiary/aromatic N) is 1. The molecular weight excluding hydrogens is 373 g/mol. The van der Waals surface area contributed by atoms with Crippen LogP contribution in [0.2, 0.25) is 0 Å². The maximum atomic E-state index is 12.3. The zero-order valence-corrected chi connectivity index (χ0v) is 13.1. The smallest absolute Gasteiger partial charge is 0.254 e. The average molecular weight is 386 g/mol. The molecule has 2 heterocycles. The van der Waals surface area contributed by atoms with Crippen molar-refractivity contribution in [3.05, 3.63) is 19.9 Å². The Balaban J connectivity index is 2.08. The van der Waals surface area contributed by atoms with Gasteiger partial charge in [-0.05, 0) is 35.6 Å². The molecule has 1 aliphatic heterocycles. The summed E-state index contributed by atoms with van der Waals surface area (Å²) in [5.74, 6) is 0.504. The number of carbonyl (C=O) groups excluding carboxylic acids is 1. The first-order chi connectivity index (χ1) is 8.10. The van der Waals surface area contributed by atoms with Crippen molar-refractivity contribution in [2.24, 2.45) is 0 Å². The topological polar surface area (TPSA) is 29.5 Å². The lowest BCUT2D eigenvalue weighted by Gasteiger charge is -2.35. The van der Waals surface area contributed by atoms with Crippen LogP contribution in [0.15, 0.2) is 11.4 Å². The molecule has 1 fully saturated rings. The molecule has 2 unspecified atom stereocenters. The van der Waals surface area contributed by atoms with Gasteiger partial charge in [-0.25, -0.2) is 0 Å². The molecule has 0 aromatic carbocycles. The zero-order valence-electron chi connectivity index (χ0n) is 9.36. The third kappa shape index (κ3) is 3.33. The van der Waals surface area contributed by atoms with Crippen LogP contribution in [-0.4, -0.2) is 42.0 Å². The molecule has 6 heteroatoms. The summed E-state index contributed by atoms with van der Waals surface area (Å²) in [5, 5.41) is 1.90. The van der Waals surface area contributed by atoms with Crippen LogP contribution in [0.3, 0.4) is 0 Å². The van der Waals surface area contributed by atoms with Gasteiger partial charge in [0.05, 0.1) is 26.5 Å². The van der Waals surface area contributed by atoms with Crippen molar-refractivity contribution in [2.75, 3.05) is 19.0 Å². The summed E-state index contributed by atoms with van der Waals surface area (Å²) in [7, 11) is 0. The molecule has 0 bridgehead atoms. The Kier molecular flexibility index (Phi) is 4.68. The van der Waals surface area contributed by atoms with Crippen LogP contribution in [0, 0.1) is 2.88 Å². The lowest BCUT2D eigenvalue weighted by molar-refractivity contribution is -0.0570. The third-order valence-electron chi connectivity index (χ3n) is 2.60. The number of carbonyl (C=O) groups is 1. The molecule has 0 aliphatic carbocycles. The monoisotopic (exact) mass is 385 g/mol. The van der Waals surface area contributed by atoms with E-state index in [1.807, 2.05) is 23.3 Å². The van der Waals surface area contributed by atoms with Gasteiger partial charge in [0.2, 0.25) is 0 Å². The van der Waals surface area contributed by atoms with E-state index in [0.29, 0.717) is 19.0 Å². The van der Waals surface area contributed by atoms with Gasteiger partial charge in [-0.1, -0.05) is 0 Å². The van der Waals surface area contributed by atoms with E-state index in [1.165, 1.54) is 0 Å². The van der Waals surface area contributed by atoms with E-state index >= 15 is 0 Å². The summed E-state index contributed by atoms with van der Waals surface area (Å²) < 4.78 is 6.76. The summed E-state index contributed by atoms with van der Waals surface area (Å²) in [6.07, 6.45) is -0.00349. The van der Waals surface area contributed by atoms with Crippen molar-refractivity contribution in [1.29, 1.82) is 0 Å². The van der Waals surface area contributed by atoms with E-state index in [0.717, 1.165) is 8.45 Å². The Morgan fingerprint density at radius 2 is 2.47 bits per heavy atom. The van der Waals surface area contributed by atoms with Gasteiger partial charge in [0.25, 0.3) is 5.91 Å². The summed E-state index contributed by atoms with van der Waals surface area (Å²) in [4.78, 5) is 14.1. The first-order valence-corrected chi connectivity index (χ1v) is 7.84. The Morgan fingerprint density at radius 3 is 3.06 bits per heavy atom. The highest BCUT2D eigenvalue weighted by atomic mass is 127. The quantitative estimate of drug-likeness (QED) is 0.579. The number of hydrogen-bond donors (Lipinski definition) is 0. The van der Waals surface area contributed by atoms with Crippen LogP contribution in [0.5, 0.6) is 0 Å². The van der Waals surface area contributed by atoms with E-state index in [9.17, 15) is 4.79 Å². The van der Waals surface area contributed by atoms with E-state index in [-0.39, 0.29) is 18.1 Å². The molecule has 1 aromatic heterocycles. The van der Waals surface area contributed by atoms with Crippen molar-refractivity contribution >= 4 is 51.4 Å². The van der Waals surface area contributed by atoms with Gasteiger partial charge in [0.1, 0.15) is 0 Å². The fourth-order valence-electron chi connectivity index (χ4n) is 1.90. The maximum Gasteiger partial charge on any atom is 0.254 e. The van der Waals surface area contributed by atoms with Gasteiger partial charge in [-0.15, -0.1) is 22.9 Å². The van der Waals surface area contributed by atoms with E-state index in [4.69, 9.17) is 16.3 Å². The van der Waals surface area contributed by atoms with Crippen LogP contribution in [0.4, 0.5) is 0 Å². The van der Waals surface area contributed by atoms with Crippen LogP contribution in [0.25, 0.3) is 0 Å². The molecule has 2 atom stereocenters. The van der Waals surface area contributed by atoms with Crippen molar-refractivity contribution in [1.82, 2.24) is 4.90 Å². The van der Waals surface area contributed by atoms with Crippen LogP contribution in [0.1, 0.15) is 17.3 Å². The highest BCUT2D eigenvalue weighted by molar-refractivity contribution is 14.1. The lowest BCUT2D eigenvalue weighted by atomic mass is 10.2. The zero-order chi connectivity index (χ0) is 12.4. The second kappa shape index (κ2) is 5.86. The van der Waals surface area contributed by atoms with Crippen molar-refractivity contribution < 1.29 is 9.53 Å². The van der Waals surface area contributed by atoms with Gasteiger partial charge in [-0.2, -0.15) is 0 Å². The predicted octanol–water partition coefficient (Wildman–Crippen LogP) is 2.82. The first kappa shape index (κ1) is 13.6. The normalized spacial score (nSPS) is 25.0. The minimum Gasteiger partial charge on any atom is -0.370 e. The van der Waals surface area contributed by atoms with Crippen LogP contribution in [-0.2, 0) is 4.74 Å². The van der Waals surface area contributed by atoms with E-state index in [1.54, 1.807) is 11.3 Å². The number of thiophene rings is 1. The predicted molar refractivity (Wildman–Crippen MR) is 78.0 cm³/mol. The van der Waals surface area contributed by atoms with Gasteiger partial charge < -0.3 is 9.64 Å². The summed E-state index contributed by atoms with van der Waals surface area (Å²) in [5.41, 5.74) is 0.766. The number of rotatable bonds is 2. The molecule has 1 aromatic rings. The van der Waals surface area contributed by atoms with Crippen molar-refractivity contribution in [3.8, 4) is 0 Å². The Hall–Kier alpha value is 0.150. The maximum absolute atomic E-state index is 12.3. The van der Waals surface area contributed by atoms with Crippen molar-refractivity contribution in [3.63, 3.8) is 0 Å². The largest absolute Gasteiger partial charge is 0.370 e. The summed E-state index contributed by atoms with van der Waals surface area (Å²) >= 11 is 9.61. The minimum atomic E-state index is -0.0536. The Morgan fingerprint density at radius 1 is 1.71 bits per heavy atom. The molecule has 1 amide bonds. The molecule has 0 radical (unpaired) electrons. The van der Waals surface area contributed by atoms with Gasteiger partial charge in [0.15, 0.2) is 0 Å². The standard InChI is InChI=1S/C11H13ClINO2S/c1-7-4-14(5-9(3-12)16-7)11(15)8-2-10(13)17-6-8/h2,6-7,9H,3-5H2,1H3.